The monoisotopic (exact) mass is 283 g/mol. The van der Waals surface area contributed by atoms with Crippen molar-refractivity contribution in [1.29, 1.82) is 0 Å². The second-order valence-electron chi connectivity index (χ2n) is 5.71. The summed E-state index contributed by atoms with van der Waals surface area (Å²) in [6.07, 6.45) is 1.82. The fourth-order valence-corrected chi connectivity index (χ4v) is 2.45. The summed E-state index contributed by atoms with van der Waals surface area (Å²) in [5.74, 6) is 0. The lowest BCUT2D eigenvalue weighted by Gasteiger charge is -2.14. The number of ether oxygens (including phenoxy) is 1. The molecule has 2 nitrogen and oxygen atoms in total. The van der Waals surface area contributed by atoms with Gasteiger partial charge in [-0.15, -0.1) is 0 Å². The molecule has 0 aliphatic heterocycles. The van der Waals surface area contributed by atoms with E-state index < -0.39 is 0 Å². The second kappa shape index (κ2) is 7.39. The van der Waals surface area contributed by atoms with Crippen LogP contribution in [0, 0.1) is 13.8 Å². The predicted molar refractivity (Wildman–Crippen MR) is 88.6 cm³/mol. The number of methoxy groups -OCH3 is 1. The number of aryl methyl sites for hydroxylation is 2. The van der Waals surface area contributed by atoms with Crippen LogP contribution in [0.15, 0.2) is 42.5 Å². The highest BCUT2D eigenvalue weighted by atomic mass is 16.5. The summed E-state index contributed by atoms with van der Waals surface area (Å²) in [7, 11) is 1.73. The summed E-state index contributed by atoms with van der Waals surface area (Å²) in [4.78, 5) is 0. The summed E-state index contributed by atoms with van der Waals surface area (Å²) in [5.41, 5.74) is 12.8. The highest BCUT2D eigenvalue weighted by molar-refractivity contribution is 5.32. The summed E-state index contributed by atoms with van der Waals surface area (Å²) in [6, 6.07) is 15.2. The van der Waals surface area contributed by atoms with Gasteiger partial charge in [0.1, 0.15) is 0 Å². The van der Waals surface area contributed by atoms with Crippen LogP contribution >= 0.6 is 0 Å². The van der Waals surface area contributed by atoms with Gasteiger partial charge in [-0.2, -0.15) is 0 Å². The molecule has 0 amide bonds. The Balaban J connectivity index is 2.02. The second-order valence-corrected chi connectivity index (χ2v) is 5.71. The third-order valence-electron chi connectivity index (χ3n) is 4.03. The number of nitrogens with two attached hydrogens (primary N) is 1. The van der Waals surface area contributed by atoms with Crippen LogP contribution in [0.25, 0.3) is 0 Å². The maximum Gasteiger partial charge on any atom is 0.0502 e. The predicted octanol–water partition coefficient (Wildman–Crippen LogP) is 3.73. The van der Waals surface area contributed by atoms with Gasteiger partial charge in [0, 0.05) is 13.2 Å². The summed E-state index contributed by atoms with van der Waals surface area (Å²) in [5, 5.41) is 0. The van der Waals surface area contributed by atoms with Gasteiger partial charge in [-0.05, 0) is 54.5 Å². The maximum absolute atomic E-state index is 6.34. The minimum Gasteiger partial charge on any atom is -0.384 e. The zero-order valence-electron chi connectivity index (χ0n) is 13.2. The highest BCUT2D eigenvalue weighted by Crippen LogP contribution is 2.19. The number of rotatable bonds is 6. The van der Waals surface area contributed by atoms with Crippen LogP contribution in [0.3, 0.4) is 0 Å². The van der Waals surface area contributed by atoms with Crippen LogP contribution in [0.1, 0.15) is 33.9 Å². The molecule has 1 atom stereocenters. The van der Waals surface area contributed by atoms with E-state index in [2.05, 4.69) is 56.3 Å². The molecule has 0 saturated heterocycles. The largest absolute Gasteiger partial charge is 0.384 e. The van der Waals surface area contributed by atoms with E-state index in [0.29, 0.717) is 0 Å². The van der Waals surface area contributed by atoms with Crippen LogP contribution in [0.4, 0.5) is 0 Å². The van der Waals surface area contributed by atoms with Gasteiger partial charge in [0.25, 0.3) is 0 Å². The molecule has 0 aliphatic rings. The first-order valence-electron chi connectivity index (χ1n) is 7.49. The molecule has 0 spiro atoms. The lowest BCUT2D eigenvalue weighted by molar-refractivity contribution is 0.202. The zero-order chi connectivity index (χ0) is 15.2. The molecule has 112 valence electrons. The van der Waals surface area contributed by atoms with Crippen molar-refractivity contribution in [2.45, 2.75) is 32.7 Å². The number of hydrogen-bond donors (Lipinski definition) is 1. The first-order chi connectivity index (χ1) is 10.1. The standard InChI is InChI=1S/C19H25NO/c1-14-4-5-17(12-15(14)2)13-19(20)18-8-6-16(7-9-18)10-11-21-3/h4-9,12,19H,10-11,13,20H2,1-3H3. The van der Waals surface area contributed by atoms with Crippen molar-refractivity contribution >= 4 is 0 Å². The summed E-state index contributed by atoms with van der Waals surface area (Å²) >= 11 is 0. The molecule has 21 heavy (non-hydrogen) atoms. The van der Waals surface area contributed by atoms with Gasteiger partial charge >= 0.3 is 0 Å². The van der Waals surface area contributed by atoms with Crippen LogP contribution in [0.5, 0.6) is 0 Å². The molecule has 0 saturated carbocycles. The summed E-state index contributed by atoms with van der Waals surface area (Å²) < 4.78 is 5.10. The minimum absolute atomic E-state index is 0.0450. The van der Waals surface area contributed by atoms with E-state index in [-0.39, 0.29) is 6.04 Å². The van der Waals surface area contributed by atoms with E-state index in [1.165, 1.54) is 27.8 Å². The van der Waals surface area contributed by atoms with Gasteiger partial charge in [0.15, 0.2) is 0 Å². The molecule has 0 radical (unpaired) electrons. The molecular formula is C19H25NO. The molecule has 1 unspecified atom stereocenters. The van der Waals surface area contributed by atoms with E-state index in [0.717, 1.165) is 19.4 Å². The average Bonchev–Trinajstić information content (AvgIpc) is 2.49. The van der Waals surface area contributed by atoms with Crippen molar-refractivity contribution in [3.8, 4) is 0 Å². The Kier molecular flexibility index (Phi) is 5.54. The van der Waals surface area contributed by atoms with Crippen molar-refractivity contribution in [3.63, 3.8) is 0 Å². The van der Waals surface area contributed by atoms with E-state index in [1.807, 2.05) is 0 Å². The Morgan fingerprint density at radius 1 is 0.952 bits per heavy atom. The molecule has 2 aromatic carbocycles. The zero-order valence-corrected chi connectivity index (χ0v) is 13.2. The van der Waals surface area contributed by atoms with Gasteiger partial charge in [-0.25, -0.2) is 0 Å². The lowest BCUT2D eigenvalue weighted by Crippen LogP contribution is -2.13. The number of hydrogen-bond acceptors (Lipinski definition) is 2. The van der Waals surface area contributed by atoms with E-state index in [4.69, 9.17) is 10.5 Å². The van der Waals surface area contributed by atoms with Crippen molar-refractivity contribution < 1.29 is 4.74 Å². The highest BCUT2D eigenvalue weighted by Gasteiger charge is 2.08. The van der Waals surface area contributed by atoms with Crippen molar-refractivity contribution in [2.75, 3.05) is 13.7 Å². The summed E-state index contributed by atoms with van der Waals surface area (Å²) in [6.45, 7) is 5.04. The van der Waals surface area contributed by atoms with Crippen LogP contribution in [-0.4, -0.2) is 13.7 Å². The lowest BCUT2D eigenvalue weighted by atomic mass is 9.96. The van der Waals surface area contributed by atoms with Gasteiger partial charge in [0.2, 0.25) is 0 Å². The van der Waals surface area contributed by atoms with E-state index in [1.54, 1.807) is 7.11 Å². The first kappa shape index (κ1) is 15.7. The topological polar surface area (TPSA) is 35.2 Å². The van der Waals surface area contributed by atoms with Gasteiger partial charge in [-0.1, -0.05) is 42.5 Å². The first-order valence-corrected chi connectivity index (χ1v) is 7.49. The smallest absolute Gasteiger partial charge is 0.0502 e. The Bertz CT molecular complexity index is 575. The van der Waals surface area contributed by atoms with Crippen LogP contribution in [-0.2, 0) is 17.6 Å². The molecule has 0 aromatic heterocycles. The fraction of sp³-hybridized carbons (Fsp3) is 0.368. The molecule has 2 heteroatoms. The number of benzene rings is 2. The van der Waals surface area contributed by atoms with E-state index >= 15 is 0 Å². The SMILES string of the molecule is COCCc1ccc(C(N)Cc2ccc(C)c(C)c2)cc1. The average molecular weight is 283 g/mol. The molecule has 2 rings (SSSR count). The van der Waals surface area contributed by atoms with Gasteiger partial charge in [-0.3, -0.25) is 0 Å². The Morgan fingerprint density at radius 3 is 2.24 bits per heavy atom. The van der Waals surface area contributed by atoms with Crippen molar-refractivity contribution in [2.24, 2.45) is 5.73 Å². The van der Waals surface area contributed by atoms with E-state index in [9.17, 15) is 0 Å². The third kappa shape index (κ3) is 4.42. The molecule has 0 aliphatic carbocycles. The molecule has 0 bridgehead atoms. The van der Waals surface area contributed by atoms with Gasteiger partial charge < -0.3 is 10.5 Å². The molecule has 2 aromatic rings. The normalized spacial score (nSPS) is 12.4. The molecule has 0 heterocycles. The Labute approximate surface area is 127 Å². The Morgan fingerprint density at radius 2 is 1.62 bits per heavy atom. The van der Waals surface area contributed by atoms with Crippen molar-refractivity contribution in [3.05, 3.63) is 70.3 Å². The molecular weight excluding hydrogens is 258 g/mol. The van der Waals surface area contributed by atoms with Crippen LogP contribution in [0.2, 0.25) is 0 Å². The van der Waals surface area contributed by atoms with Crippen molar-refractivity contribution in [1.82, 2.24) is 0 Å². The fourth-order valence-electron chi connectivity index (χ4n) is 2.45. The minimum atomic E-state index is 0.0450. The van der Waals surface area contributed by atoms with Gasteiger partial charge in [0.05, 0.1) is 6.61 Å². The quantitative estimate of drug-likeness (QED) is 0.876. The van der Waals surface area contributed by atoms with Crippen LogP contribution < -0.4 is 5.73 Å². The Hall–Kier alpha value is -1.64. The maximum atomic E-state index is 6.34. The molecule has 2 N–H and O–H groups in total. The third-order valence-corrected chi connectivity index (χ3v) is 4.03. The molecule has 0 fully saturated rings.